The summed E-state index contributed by atoms with van der Waals surface area (Å²) in [6, 6.07) is 3.50. The third-order valence-corrected chi connectivity index (χ3v) is 4.23. The summed E-state index contributed by atoms with van der Waals surface area (Å²) in [5.74, 6) is 0.297. The third-order valence-electron chi connectivity index (χ3n) is 3.11. The SMILES string of the molecule is CCPc1nc(N)c2[nH]c(=O)n(Cc3ccc(Cl)nc3)c2n1. The van der Waals surface area contributed by atoms with Crippen molar-refractivity contribution in [3.8, 4) is 0 Å². The van der Waals surface area contributed by atoms with E-state index in [0.29, 0.717) is 42.8 Å². The molecule has 3 aromatic rings. The van der Waals surface area contributed by atoms with E-state index >= 15 is 0 Å². The van der Waals surface area contributed by atoms with Gasteiger partial charge in [0.05, 0.1) is 6.54 Å². The largest absolute Gasteiger partial charge is 0.382 e. The highest BCUT2D eigenvalue weighted by Gasteiger charge is 2.14. The van der Waals surface area contributed by atoms with Crippen molar-refractivity contribution >= 4 is 42.7 Å². The number of hydrogen-bond donors (Lipinski definition) is 2. The highest BCUT2D eigenvalue weighted by Crippen LogP contribution is 2.16. The molecule has 22 heavy (non-hydrogen) atoms. The zero-order chi connectivity index (χ0) is 15.7. The van der Waals surface area contributed by atoms with Crippen LogP contribution in [-0.4, -0.2) is 30.7 Å². The Hall–Kier alpha value is -1.98. The van der Waals surface area contributed by atoms with Gasteiger partial charge in [0.25, 0.3) is 0 Å². The van der Waals surface area contributed by atoms with Crippen LogP contribution in [0.5, 0.6) is 0 Å². The summed E-state index contributed by atoms with van der Waals surface area (Å²) in [7, 11) is 0.457. The number of anilines is 1. The molecule has 0 saturated carbocycles. The van der Waals surface area contributed by atoms with E-state index in [2.05, 4.69) is 19.9 Å². The van der Waals surface area contributed by atoms with Crippen molar-refractivity contribution in [1.82, 2.24) is 24.5 Å². The van der Waals surface area contributed by atoms with Gasteiger partial charge in [0.15, 0.2) is 17.0 Å². The van der Waals surface area contributed by atoms with Gasteiger partial charge in [0.2, 0.25) is 0 Å². The van der Waals surface area contributed by atoms with Gasteiger partial charge in [0.1, 0.15) is 10.7 Å². The van der Waals surface area contributed by atoms with Crippen LogP contribution in [0, 0.1) is 0 Å². The molecule has 0 bridgehead atoms. The number of nitrogens with two attached hydrogens (primary N) is 1. The number of rotatable bonds is 4. The fourth-order valence-corrected chi connectivity index (χ4v) is 2.93. The number of halogens is 1. The molecule has 1 atom stereocenters. The van der Waals surface area contributed by atoms with Gasteiger partial charge < -0.3 is 10.7 Å². The zero-order valence-corrected chi connectivity index (χ0v) is 13.6. The fraction of sp³-hybridized carbons (Fsp3) is 0.231. The first-order chi connectivity index (χ1) is 10.6. The summed E-state index contributed by atoms with van der Waals surface area (Å²) >= 11 is 5.77. The number of fused-ring (bicyclic) bond motifs is 1. The molecule has 0 fully saturated rings. The molecule has 9 heteroatoms. The second-order valence-electron chi connectivity index (χ2n) is 4.67. The van der Waals surface area contributed by atoms with Crippen LogP contribution in [0.25, 0.3) is 11.2 Å². The number of H-pyrrole nitrogens is 1. The van der Waals surface area contributed by atoms with Crippen LogP contribution in [0.2, 0.25) is 5.15 Å². The molecule has 0 aromatic carbocycles. The molecule has 7 nitrogen and oxygen atoms in total. The Morgan fingerprint density at radius 3 is 2.91 bits per heavy atom. The van der Waals surface area contributed by atoms with E-state index in [9.17, 15) is 4.79 Å². The molecule has 0 saturated heterocycles. The predicted octanol–water partition coefficient (Wildman–Crippen LogP) is 1.12. The molecule has 0 aliphatic heterocycles. The van der Waals surface area contributed by atoms with Gasteiger partial charge in [0, 0.05) is 6.20 Å². The van der Waals surface area contributed by atoms with E-state index in [4.69, 9.17) is 17.3 Å². The van der Waals surface area contributed by atoms with E-state index in [1.807, 2.05) is 13.0 Å². The number of aromatic nitrogens is 5. The molecule has 3 N–H and O–H groups in total. The van der Waals surface area contributed by atoms with Gasteiger partial charge in [-0.1, -0.05) is 24.6 Å². The summed E-state index contributed by atoms with van der Waals surface area (Å²) in [6.07, 6.45) is 2.56. The third kappa shape index (κ3) is 2.82. The van der Waals surface area contributed by atoms with Crippen LogP contribution in [0.15, 0.2) is 23.1 Å². The monoisotopic (exact) mass is 336 g/mol. The minimum Gasteiger partial charge on any atom is -0.382 e. The van der Waals surface area contributed by atoms with Gasteiger partial charge >= 0.3 is 5.69 Å². The van der Waals surface area contributed by atoms with Crippen molar-refractivity contribution in [2.75, 3.05) is 11.9 Å². The summed E-state index contributed by atoms with van der Waals surface area (Å²) in [5.41, 5.74) is 8.15. The first-order valence-corrected chi connectivity index (χ1v) is 8.27. The predicted molar refractivity (Wildman–Crippen MR) is 89.4 cm³/mol. The molecule has 0 aliphatic carbocycles. The van der Waals surface area contributed by atoms with Gasteiger partial charge in [-0.3, -0.25) is 4.57 Å². The highest BCUT2D eigenvalue weighted by atomic mass is 35.5. The maximum Gasteiger partial charge on any atom is 0.328 e. The van der Waals surface area contributed by atoms with Crippen molar-refractivity contribution in [1.29, 1.82) is 0 Å². The smallest absolute Gasteiger partial charge is 0.328 e. The molecule has 0 aliphatic rings. The van der Waals surface area contributed by atoms with E-state index in [-0.39, 0.29) is 5.69 Å². The Morgan fingerprint density at radius 1 is 1.41 bits per heavy atom. The highest BCUT2D eigenvalue weighted by molar-refractivity contribution is 7.46. The summed E-state index contributed by atoms with van der Waals surface area (Å²) < 4.78 is 1.53. The lowest BCUT2D eigenvalue weighted by atomic mass is 10.3. The standard InChI is InChI=1S/C13H14ClN6OP/c1-2-22-12-18-10(15)9-11(19-12)20(13(21)17-9)6-7-3-4-8(14)16-5-7/h3-5,22H,2,6H2,1H3,(H,17,21)(H2,15,18,19). The minimum atomic E-state index is -0.275. The van der Waals surface area contributed by atoms with Crippen molar-refractivity contribution in [2.24, 2.45) is 0 Å². The van der Waals surface area contributed by atoms with E-state index in [1.54, 1.807) is 12.3 Å². The van der Waals surface area contributed by atoms with Crippen LogP contribution >= 0.6 is 20.2 Å². The molecule has 0 radical (unpaired) electrons. The van der Waals surface area contributed by atoms with Gasteiger partial charge in [-0.05, 0) is 26.4 Å². The van der Waals surface area contributed by atoms with Crippen LogP contribution in [-0.2, 0) is 6.54 Å². The maximum atomic E-state index is 12.2. The van der Waals surface area contributed by atoms with Crippen molar-refractivity contribution < 1.29 is 0 Å². The first kappa shape index (κ1) is 14.9. The quantitative estimate of drug-likeness (QED) is 0.549. The Kier molecular flexibility index (Phi) is 4.09. The Labute approximate surface area is 132 Å². The van der Waals surface area contributed by atoms with Crippen LogP contribution < -0.4 is 17.0 Å². The lowest BCUT2D eigenvalue weighted by Crippen LogP contribution is -2.19. The minimum absolute atomic E-state index is 0.275. The number of pyridine rings is 1. The number of nitrogen functional groups attached to an aromatic ring is 1. The molecule has 3 heterocycles. The molecular formula is C13H14ClN6OP. The second kappa shape index (κ2) is 6.02. The van der Waals surface area contributed by atoms with Crippen LogP contribution in [0.3, 0.4) is 0 Å². The number of nitrogens with zero attached hydrogens (tertiary/aromatic N) is 4. The van der Waals surface area contributed by atoms with E-state index < -0.39 is 0 Å². The number of nitrogens with one attached hydrogen (secondary N) is 1. The van der Waals surface area contributed by atoms with Crippen LogP contribution in [0.4, 0.5) is 5.82 Å². The molecule has 0 amide bonds. The van der Waals surface area contributed by atoms with Crippen molar-refractivity contribution in [3.63, 3.8) is 0 Å². The first-order valence-electron chi connectivity index (χ1n) is 6.69. The summed E-state index contributed by atoms with van der Waals surface area (Å²) in [6.45, 7) is 2.39. The normalized spacial score (nSPS) is 11.7. The van der Waals surface area contributed by atoms with Gasteiger partial charge in [-0.25, -0.2) is 19.7 Å². The Morgan fingerprint density at radius 2 is 2.23 bits per heavy atom. The van der Waals surface area contributed by atoms with E-state index in [1.165, 1.54) is 4.57 Å². The van der Waals surface area contributed by atoms with Gasteiger partial charge in [-0.2, -0.15) is 0 Å². The van der Waals surface area contributed by atoms with E-state index in [0.717, 1.165) is 11.7 Å². The number of imidazole rings is 1. The molecular weight excluding hydrogens is 323 g/mol. The molecule has 1 unspecified atom stereocenters. The lowest BCUT2D eigenvalue weighted by molar-refractivity contribution is 0.775. The summed E-state index contributed by atoms with van der Waals surface area (Å²) in [4.78, 5) is 27.6. The average Bonchev–Trinajstić information content (AvgIpc) is 2.79. The van der Waals surface area contributed by atoms with Gasteiger partial charge in [-0.15, -0.1) is 0 Å². The second-order valence-corrected chi connectivity index (χ2v) is 6.56. The van der Waals surface area contributed by atoms with Crippen molar-refractivity contribution in [3.05, 3.63) is 39.5 Å². The fourth-order valence-electron chi connectivity index (χ4n) is 2.12. The topological polar surface area (TPSA) is 102 Å². The molecule has 3 aromatic heterocycles. The summed E-state index contributed by atoms with van der Waals surface area (Å²) in [5, 5.41) is 0.410. The molecule has 3 rings (SSSR count). The maximum absolute atomic E-state index is 12.2. The van der Waals surface area contributed by atoms with Crippen LogP contribution in [0.1, 0.15) is 12.5 Å². The Bertz CT molecular complexity index is 873. The average molecular weight is 337 g/mol. The molecule has 0 spiro atoms. The molecule has 114 valence electrons. The van der Waals surface area contributed by atoms with Crippen molar-refractivity contribution in [2.45, 2.75) is 13.5 Å². The zero-order valence-electron chi connectivity index (χ0n) is 11.8. The number of aromatic amines is 1. The lowest BCUT2D eigenvalue weighted by Gasteiger charge is -2.05. The number of hydrogen-bond acceptors (Lipinski definition) is 5. The Balaban J connectivity index is 2.09.